The van der Waals surface area contributed by atoms with Gasteiger partial charge in [-0.05, 0) is 47.4 Å². The van der Waals surface area contributed by atoms with Gasteiger partial charge < -0.3 is 14.5 Å². The van der Waals surface area contributed by atoms with Crippen LogP contribution in [0.3, 0.4) is 0 Å². The number of nitrogens with zero attached hydrogens (tertiary/aromatic N) is 2. The summed E-state index contributed by atoms with van der Waals surface area (Å²) in [5, 5.41) is 4.13. The number of hydrogen-bond acceptors (Lipinski definition) is 4. The molecule has 2 aromatic rings. The molecule has 1 atom stereocenters. The van der Waals surface area contributed by atoms with Crippen molar-refractivity contribution in [3.8, 4) is 5.75 Å². The first-order valence-electron chi connectivity index (χ1n) is 8.47. The lowest BCUT2D eigenvalue weighted by molar-refractivity contribution is -0.143. The van der Waals surface area contributed by atoms with Gasteiger partial charge in [-0.3, -0.25) is 4.79 Å². The number of oxime groups is 1. The predicted octanol–water partition coefficient (Wildman–Crippen LogP) is 2.77. The zero-order valence-corrected chi connectivity index (χ0v) is 14.1. The molecule has 2 aliphatic heterocycles. The van der Waals surface area contributed by atoms with Crippen molar-refractivity contribution >= 4 is 11.6 Å². The number of amides is 1. The highest BCUT2D eigenvalue weighted by atomic mass is 16.6. The van der Waals surface area contributed by atoms with Crippen molar-refractivity contribution in [1.29, 1.82) is 0 Å². The molecule has 0 unspecified atom stereocenters. The smallest absolute Gasteiger partial charge is 0.267 e. The number of hydrogen-bond donors (Lipinski definition) is 0. The van der Waals surface area contributed by atoms with Crippen LogP contribution in [-0.2, 0) is 22.6 Å². The standard InChI is InChI=1S/C20H20N2O3/c1-24-17-8-6-15(7-9-17)18-12-19(25-21-18)20(23)22-11-10-14-4-2-3-5-16(14)13-22/h2-9,19H,10-13H2,1H3/t19-/m1/s1. The topological polar surface area (TPSA) is 51.1 Å². The number of methoxy groups -OCH3 is 1. The quantitative estimate of drug-likeness (QED) is 0.866. The number of carbonyl (C=O) groups is 1. The van der Waals surface area contributed by atoms with E-state index in [9.17, 15) is 4.79 Å². The summed E-state index contributed by atoms with van der Waals surface area (Å²) >= 11 is 0. The lowest BCUT2D eigenvalue weighted by atomic mass is 9.98. The summed E-state index contributed by atoms with van der Waals surface area (Å²) in [7, 11) is 1.64. The molecule has 0 fully saturated rings. The largest absolute Gasteiger partial charge is 0.497 e. The lowest BCUT2D eigenvalue weighted by Crippen LogP contribution is -2.42. The molecule has 0 bridgehead atoms. The van der Waals surface area contributed by atoms with Crippen molar-refractivity contribution in [3.05, 3.63) is 65.2 Å². The summed E-state index contributed by atoms with van der Waals surface area (Å²) in [4.78, 5) is 20.1. The number of rotatable bonds is 3. The minimum absolute atomic E-state index is 0.0155. The Kier molecular flexibility index (Phi) is 4.14. The Hall–Kier alpha value is -2.82. The minimum atomic E-state index is -0.526. The summed E-state index contributed by atoms with van der Waals surface area (Å²) in [5.41, 5.74) is 4.31. The van der Waals surface area contributed by atoms with Gasteiger partial charge in [-0.2, -0.15) is 0 Å². The summed E-state index contributed by atoms with van der Waals surface area (Å²) in [6.07, 6.45) is 0.867. The number of fused-ring (bicyclic) bond motifs is 1. The summed E-state index contributed by atoms with van der Waals surface area (Å²) in [5.74, 6) is 0.810. The van der Waals surface area contributed by atoms with Crippen molar-refractivity contribution < 1.29 is 14.4 Å². The fourth-order valence-electron chi connectivity index (χ4n) is 3.35. The average molecular weight is 336 g/mol. The highest BCUT2D eigenvalue weighted by molar-refractivity contribution is 6.04. The van der Waals surface area contributed by atoms with Crippen LogP contribution >= 0.6 is 0 Å². The third-order valence-corrected chi connectivity index (χ3v) is 4.81. The lowest BCUT2D eigenvalue weighted by Gasteiger charge is -2.30. The normalized spacial score (nSPS) is 19.0. The molecule has 0 aliphatic carbocycles. The summed E-state index contributed by atoms with van der Waals surface area (Å²) in [6, 6.07) is 15.9. The van der Waals surface area contributed by atoms with Crippen LogP contribution in [0.4, 0.5) is 0 Å². The maximum atomic E-state index is 12.8. The third-order valence-electron chi connectivity index (χ3n) is 4.81. The molecule has 0 radical (unpaired) electrons. The van der Waals surface area contributed by atoms with E-state index in [-0.39, 0.29) is 5.91 Å². The van der Waals surface area contributed by atoms with Crippen LogP contribution in [0.1, 0.15) is 23.1 Å². The van der Waals surface area contributed by atoms with E-state index in [1.54, 1.807) is 7.11 Å². The molecule has 0 N–H and O–H groups in total. The Morgan fingerprint density at radius 1 is 1.16 bits per heavy atom. The van der Waals surface area contributed by atoms with E-state index in [2.05, 4.69) is 17.3 Å². The van der Waals surface area contributed by atoms with Gasteiger partial charge >= 0.3 is 0 Å². The van der Waals surface area contributed by atoms with Crippen molar-refractivity contribution in [2.45, 2.75) is 25.5 Å². The van der Waals surface area contributed by atoms with Crippen molar-refractivity contribution in [1.82, 2.24) is 4.90 Å². The molecule has 0 saturated carbocycles. The molecule has 128 valence electrons. The van der Waals surface area contributed by atoms with E-state index in [0.29, 0.717) is 13.0 Å². The number of benzene rings is 2. The van der Waals surface area contributed by atoms with Crippen LogP contribution in [0.5, 0.6) is 5.75 Å². The SMILES string of the molecule is COc1ccc(C2=NO[C@@H](C(=O)N3CCc4ccccc4C3)C2)cc1. The third kappa shape index (κ3) is 3.09. The van der Waals surface area contributed by atoms with Gasteiger partial charge in [0.15, 0.2) is 0 Å². The Bertz CT molecular complexity index is 814. The fourth-order valence-corrected chi connectivity index (χ4v) is 3.35. The van der Waals surface area contributed by atoms with Crippen LogP contribution in [0, 0.1) is 0 Å². The van der Waals surface area contributed by atoms with Crippen LogP contribution in [0.15, 0.2) is 53.7 Å². The van der Waals surface area contributed by atoms with E-state index in [1.165, 1.54) is 11.1 Å². The molecule has 0 saturated heterocycles. The van der Waals surface area contributed by atoms with Crippen molar-refractivity contribution in [2.24, 2.45) is 5.16 Å². The van der Waals surface area contributed by atoms with Crippen LogP contribution in [0.2, 0.25) is 0 Å². The highest BCUT2D eigenvalue weighted by Gasteiger charge is 2.33. The van der Waals surface area contributed by atoms with Crippen LogP contribution in [-0.4, -0.2) is 36.3 Å². The molecule has 5 heteroatoms. The Morgan fingerprint density at radius 2 is 1.92 bits per heavy atom. The van der Waals surface area contributed by atoms with Gasteiger partial charge in [-0.15, -0.1) is 0 Å². The molecule has 1 amide bonds. The van der Waals surface area contributed by atoms with Gasteiger partial charge in [-0.1, -0.05) is 29.4 Å². The minimum Gasteiger partial charge on any atom is -0.497 e. The predicted molar refractivity (Wildman–Crippen MR) is 94.6 cm³/mol. The monoisotopic (exact) mass is 336 g/mol. The van der Waals surface area contributed by atoms with Gasteiger partial charge in [0, 0.05) is 19.5 Å². The Balaban J connectivity index is 1.41. The Labute approximate surface area is 146 Å². The van der Waals surface area contributed by atoms with Crippen molar-refractivity contribution in [3.63, 3.8) is 0 Å². The summed E-state index contributed by atoms with van der Waals surface area (Å²) < 4.78 is 5.17. The molecule has 5 nitrogen and oxygen atoms in total. The zero-order chi connectivity index (χ0) is 17.2. The van der Waals surface area contributed by atoms with Gasteiger partial charge in [-0.25, -0.2) is 0 Å². The zero-order valence-electron chi connectivity index (χ0n) is 14.1. The highest BCUT2D eigenvalue weighted by Crippen LogP contribution is 2.24. The molecule has 2 aromatic carbocycles. The van der Waals surface area contributed by atoms with Gasteiger partial charge in [0.2, 0.25) is 6.10 Å². The first kappa shape index (κ1) is 15.7. The molecular formula is C20H20N2O3. The van der Waals surface area contributed by atoms with E-state index in [0.717, 1.165) is 30.0 Å². The van der Waals surface area contributed by atoms with Gasteiger partial charge in [0.25, 0.3) is 5.91 Å². The van der Waals surface area contributed by atoms with E-state index in [4.69, 9.17) is 9.57 Å². The second-order valence-electron chi connectivity index (χ2n) is 6.34. The van der Waals surface area contributed by atoms with E-state index < -0.39 is 6.10 Å². The molecule has 0 aromatic heterocycles. The van der Waals surface area contributed by atoms with E-state index in [1.807, 2.05) is 41.3 Å². The van der Waals surface area contributed by atoms with Crippen molar-refractivity contribution in [2.75, 3.05) is 13.7 Å². The average Bonchev–Trinajstić information content (AvgIpc) is 3.17. The van der Waals surface area contributed by atoms with Gasteiger partial charge in [0.1, 0.15) is 5.75 Å². The first-order chi connectivity index (χ1) is 12.2. The Morgan fingerprint density at radius 3 is 2.68 bits per heavy atom. The van der Waals surface area contributed by atoms with Gasteiger partial charge in [0.05, 0.1) is 12.8 Å². The van der Waals surface area contributed by atoms with Crippen LogP contribution < -0.4 is 4.74 Å². The second-order valence-corrected chi connectivity index (χ2v) is 6.34. The maximum Gasteiger partial charge on any atom is 0.267 e. The molecule has 0 spiro atoms. The fraction of sp³-hybridized carbons (Fsp3) is 0.300. The first-order valence-corrected chi connectivity index (χ1v) is 8.47. The molecular weight excluding hydrogens is 316 g/mol. The van der Waals surface area contributed by atoms with Crippen LogP contribution in [0.25, 0.3) is 0 Å². The second kappa shape index (κ2) is 6.59. The van der Waals surface area contributed by atoms with E-state index >= 15 is 0 Å². The number of carbonyl (C=O) groups excluding carboxylic acids is 1. The summed E-state index contributed by atoms with van der Waals surface area (Å²) in [6.45, 7) is 1.38. The molecule has 25 heavy (non-hydrogen) atoms. The maximum absolute atomic E-state index is 12.8. The molecule has 2 aliphatic rings. The number of ether oxygens (including phenoxy) is 1. The molecule has 2 heterocycles. The molecule has 4 rings (SSSR count).